The summed E-state index contributed by atoms with van der Waals surface area (Å²) < 4.78 is 0. The van der Waals surface area contributed by atoms with Crippen molar-refractivity contribution < 1.29 is 10.2 Å². The zero-order chi connectivity index (χ0) is 21.5. The van der Waals surface area contributed by atoms with Gasteiger partial charge in [-0.1, -0.05) is 78.5 Å². The zero-order valence-electron chi connectivity index (χ0n) is 16.7. The average Bonchev–Trinajstić information content (AvgIpc) is 2.82. The van der Waals surface area contributed by atoms with Gasteiger partial charge in [-0.25, -0.2) is 4.98 Å². The average molecular weight is 431 g/mol. The largest absolute Gasteiger partial charge is 0.508 e. The van der Waals surface area contributed by atoms with Crippen LogP contribution >= 0.6 is 11.8 Å². The fraction of sp³-hybridized carbons (Fsp3) is 0.125. The smallest absolute Gasteiger partial charge is 0.209 e. The Morgan fingerprint density at radius 2 is 1.48 bits per heavy atom. The monoisotopic (exact) mass is 430 g/mol. The van der Waals surface area contributed by atoms with E-state index in [9.17, 15) is 10.2 Å². The molecule has 0 amide bonds. The van der Waals surface area contributed by atoms with Crippen molar-refractivity contribution in [3.8, 4) is 28.3 Å². The Balaban J connectivity index is 1.47. The fourth-order valence-electron chi connectivity index (χ4n) is 3.04. The molecule has 0 saturated carbocycles. The van der Waals surface area contributed by atoms with Crippen LogP contribution in [0.3, 0.4) is 0 Å². The summed E-state index contributed by atoms with van der Waals surface area (Å²) in [6, 6.07) is 26.6. The van der Waals surface area contributed by atoms with Crippen LogP contribution in [-0.4, -0.2) is 43.8 Å². The molecule has 0 radical (unpaired) electrons. The van der Waals surface area contributed by atoms with Gasteiger partial charge in [-0.15, -0.1) is 10.2 Å². The van der Waals surface area contributed by atoms with E-state index in [1.54, 1.807) is 18.2 Å². The highest BCUT2D eigenvalue weighted by Crippen LogP contribution is 2.29. The number of phenolic OH excluding ortho intramolecular Hbond substituents is 1. The molecule has 7 heteroatoms. The molecule has 3 aromatic carbocycles. The van der Waals surface area contributed by atoms with Crippen molar-refractivity contribution in [1.29, 1.82) is 0 Å². The van der Waals surface area contributed by atoms with Crippen molar-refractivity contribution in [1.82, 2.24) is 15.2 Å². The lowest BCUT2D eigenvalue weighted by Gasteiger charge is -2.13. The van der Waals surface area contributed by atoms with Gasteiger partial charge in [-0.2, -0.15) is 0 Å². The van der Waals surface area contributed by atoms with Crippen LogP contribution in [0.15, 0.2) is 90.1 Å². The van der Waals surface area contributed by atoms with Gasteiger partial charge < -0.3 is 15.5 Å². The van der Waals surface area contributed by atoms with Crippen LogP contribution in [0.1, 0.15) is 0 Å². The van der Waals surface area contributed by atoms with Crippen LogP contribution in [0.2, 0.25) is 0 Å². The minimum absolute atomic E-state index is 0.181. The van der Waals surface area contributed by atoms with Gasteiger partial charge in [0.2, 0.25) is 5.16 Å². The number of nitrogens with one attached hydrogen (secondary N) is 1. The van der Waals surface area contributed by atoms with Gasteiger partial charge in [0.05, 0.1) is 6.10 Å². The first-order chi connectivity index (χ1) is 15.2. The lowest BCUT2D eigenvalue weighted by atomic mass is 10.0. The first-order valence-corrected chi connectivity index (χ1v) is 10.9. The third kappa shape index (κ3) is 5.59. The number of rotatable bonds is 8. The number of thioether (sulfide) groups is 1. The Bertz CT molecular complexity index is 1130. The van der Waals surface area contributed by atoms with E-state index < -0.39 is 6.10 Å². The van der Waals surface area contributed by atoms with Crippen molar-refractivity contribution in [3.63, 3.8) is 0 Å². The van der Waals surface area contributed by atoms with Crippen LogP contribution in [0.25, 0.3) is 22.5 Å². The molecule has 1 heterocycles. The first kappa shape index (κ1) is 20.8. The predicted octanol–water partition coefficient (Wildman–Crippen LogP) is 4.48. The van der Waals surface area contributed by atoms with E-state index in [0.29, 0.717) is 17.5 Å². The van der Waals surface area contributed by atoms with Gasteiger partial charge in [0.1, 0.15) is 17.1 Å². The zero-order valence-corrected chi connectivity index (χ0v) is 17.5. The van der Waals surface area contributed by atoms with E-state index in [0.717, 1.165) is 28.2 Å². The van der Waals surface area contributed by atoms with Crippen LogP contribution < -0.4 is 5.32 Å². The molecule has 1 atom stereocenters. The predicted molar refractivity (Wildman–Crippen MR) is 124 cm³/mol. The van der Waals surface area contributed by atoms with Gasteiger partial charge in [0, 0.05) is 35.2 Å². The molecule has 0 spiro atoms. The maximum Gasteiger partial charge on any atom is 0.209 e. The maximum atomic E-state index is 10.3. The number of anilines is 1. The normalized spacial score (nSPS) is 11.8. The summed E-state index contributed by atoms with van der Waals surface area (Å²) in [6.07, 6.45) is -0.620. The van der Waals surface area contributed by atoms with Gasteiger partial charge >= 0.3 is 0 Å². The minimum Gasteiger partial charge on any atom is -0.508 e. The quantitative estimate of drug-likeness (QED) is 0.355. The molecule has 0 aliphatic heterocycles. The van der Waals surface area contributed by atoms with Gasteiger partial charge in [-0.3, -0.25) is 0 Å². The molecule has 0 aliphatic carbocycles. The third-order valence-corrected chi connectivity index (χ3v) is 5.54. The summed E-state index contributed by atoms with van der Waals surface area (Å²) in [6.45, 7) is 0.345. The second kappa shape index (κ2) is 10.1. The first-order valence-electron chi connectivity index (χ1n) is 9.88. The Hall–Kier alpha value is -3.42. The molecule has 0 saturated heterocycles. The van der Waals surface area contributed by atoms with Crippen molar-refractivity contribution in [2.45, 2.75) is 11.3 Å². The van der Waals surface area contributed by atoms with Crippen molar-refractivity contribution in [2.75, 3.05) is 17.6 Å². The van der Waals surface area contributed by atoms with E-state index in [2.05, 4.69) is 15.5 Å². The van der Waals surface area contributed by atoms with Crippen LogP contribution in [0.4, 0.5) is 5.69 Å². The lowest BCUT2D eigenvalue weighted by molar-refractivity contribution is 0.213. The molecule has 1 unspecified atom stereocenters. The fourth-order valence-corrected chi connectivity index (χ4v) is 3.75. The highest BCUT2D eigenvalue weighted by Gasteiger charge is 2.15. The number of hydrogen-bond acceptors (Lipinski definition) is 7. The van der Waals surface area contributed by atoms with Crippen LogP contribution in [0, 0.1) is 0 Å². The summed E-state index contributed by atoms with van der Waals surface area (Å²) in [5, 5.41) is 32.2. The van der Waals surface area contributed by atoms with Crippen molar-refractivity contribution >= 4 is 17.4 Å². The summed E-state index contributed by atoms with van der Waals surface area (Å²) in [7, 11) is 0. The van der Waals surface area contributed by atoms with Crippen molar-refractivity contribution in [3.05, 3.63) is 84.9 Å². The number of aromatic hydroxyl groups is 1. The Kier molecular flexibility index (Phi) is 6.76. The molecule has 4 rings (SSSR count). The number of aliphatic hydroxyl groups excluding tert-OH is 1. The van der Waals surface area contributed by atoms with E-state index in [1.165, 1.54) is 11.8 Å². The van der Waals surface area contributed by atoms with E-state index in [-0.39, 0.29) is 5.75 Å². The van der Waals surface area contributed by atoms with Gasteiger partial charge in [0.25, 0.3) is 0 Å². The molecular weight excluding hydrogens is 408 g/mol. The van der Waals surface area contributed by atoms with E-state index >= 15 is 0 Å². The highest BCUT2D eigenvalue weighted by molar-refractivity contribution is 7.99. The van der Waals surface area contributed by atoms with Gasteiger partial charge in [0.15, 0.2) is 0 Å². The standard InChI is InChI=1S/C24H22N4O2S/c29-20-13-7-12-19(14-20)25-15-21(30)16-31-24-26-22(17-8-3-1-4-9-17)23(27-28-24)18-10-5-2-6-11-18/h1-14,21,25,29-30H,15-16H2. The molecule has 0 fully saturated rings. The third-order valence-electron chi connectivity index (χ3n) is 4.55. The molecule has 4 aromatic rings. The molecule has 0 aliphatic rings. The second-order valence-electron chi connectivity index (χ2n) is 6.92. The SMILES string of the molecule is Oc1cccc(NCC(O)CSc2nnc(-c3ccccc3)c(-c3ccccc3)n2)c1. The molecular formula is C24H22N4O2S. The summed E-state index contributed by atoms with van der Waals surface area (Å²) in [5.74, 6) is 0.590. The second-order valence-corrected chi connectivity index (χ2v) is 7.91. The molecule has 3 N–H and O–H groups in total. The minimum atomic E-state index is -0.620. The number of aliphatic hydroxyl groups is 1. The maximum absolute atomic E-state index is 10.3. The van der Waals surface area contributed by atoms with E-state index in [1.807, 2.05) is 66.7 Å². The molecule has 1 aromatic heterocycles. The molecule has 0 bridgehead atoms. The molecule has 6 nitrogen and oxygen atoms in total. The highest BCUT2D eigenvalue weighted by atomic mass is 32.2. The number of hydrogen-bond donors (Lipinski definition) is 3. The Morgan fingerprint density at radius 3 is 2.16 bits per heavy atom. The van der Waals surface area contributed by atoms with Crippen LogP contribution in [0.5, 0.6) is 5.75 Å². The summed E-state index contributed by atoms with van der Waals surface area (Å²) in [4.78, 5) is 4.75. The Morgan fingerprint density at radius 1 is 0.806 bits per heavy atom. The van der Waals surface area contributed by atoms with Crippen molar-refractivity contribution in [2.24, 2.45) is 0 Å². The number of aromatic nitrogens is 3. The summed E-state index contributed by atoms with van der Waals surface area (Å²) in [5.41, 5.74) is 4.15. The molecule has 31 heavy (non-hydrogen) atoms. The number of nitrogens with zero attached hydrogens (tertiary/aromatic N) is 3. The number of benzene rings is 3. The molecule has 156 valence electrons. The summed E-state index contributed by atoms with van der Waals surface area (Å²) >= 11 is 1.36. The van der Waals surface area contributed by atoms with E-state index in [4.69, 9.17) is 4.98 Å². The topological polar surface area (TPSA) is 91.2 Å². The van der Waals surface area contributed by atoms with Crippen LogP contribution in [-0.2, 0) is 0 Å². The number of phenols is 1. The van der Waals surface area contributed by atoms with Gasteiger partial charge in [-0.05, 0) is 12.1 Å². The lowest BCUT2D eigenvalue weighted by Crippen LogP contribution is -2.22. The Labute approximate surface area is 185 Å².